The van der Waals surface area contributed by atoms with Crippen molar-refractivity contribution in [2.24, 2.45) is 0 Å². The van der Waals surface area contributed by atoms with Crippen LogP contribution in [0.1, 0.15) is 15.9 Å². The topological polar surface area (TPSA) is 54.0 Å². The Labute approximate surface area is 133 Å². The molecule has 5 nitrogen and oxygen atoms in total. The number of benzene rings is 2. The van der Waals surface area contributed by atoms with Gasteiger partial charge in [0, 0.05) is 0 Å². The van der Waals surface area contributed by atoms with Crippen LogP contribution in [0.2, 0.25) is 0 Å². The Balaban J connectivity index is 2.22. The summed E-state index contributed by atoms with van der Waals surface area (Å²) >= 11 is 0. The van der Waals surface area contributed by atoms with Crippen LogP contribution in [0.5, 0.6) is 17.2 Å². The summed E-state index contributed by atoms with van der Waals surface area (Å²) in [6.07, 6.45) is 0. The molecule has 0 atom stereocenters. The van der Waals surface area contributed by atoms with Crippen molar-refractivity contribution in [3.8, 4) is 17.2 Å². The van der Waals surface area contributed by atoms with E-state index in [1.807, 2.05) is 0 Å². The molecule has 6 heteroatoms. The Morgan fingerprint density at radius 2 is 1.74 bits per heavy atom. The largest absolute Gasteiger partial charge is 0.493 e. The van der Waals surface area contributed by atoms with Crippen LogP contribution in [0.4, 0.5) is 4.39 Å². The molecule has 0 amide bonds. The van der Waals surface area contributed by atoms with E-state index in [0.717, 1.165) is 0 Å². The highest BCUT2D eigenvalue weighted by molar-refractivity contribution is 5.94. The Morgan fingerprint density at radius 3 is 2.35 bits per heavy atom. The highest BCUT2D eigenvalue weighted by atomic mass is 19.1. The molecule has 2 rings (SSSR count). The first-order valence-electron chi connectivity index (χ1n) is 6.81. The number of carbonyl (C=O) groups is 1. The van der Waals surface area contributed by atoms with E-state index in [4.69, 9.17) is 18.9 Å². The van der Waals surface area contributed by atoms with Crippen LogP contribution < -0.4 is 14.2 Å². The summed E-state index contributed by atoms with van der Waals surface area (Å²) < 4.78 is 33.9. The first-order chi connectivity index (χ1) is 11.1. The summed E-state index contributed by atoms with van der Waals surface area (Å²) in [5.74, 6) is -0.0355. The monoisotopic (exact) mass is 320 g/mol. The predicted octanol–water partition coefficient (Wildman–Crippen LogP) is 3.21. The van der Waals surface area contributed by atoms with E-state index in [2.05, 4.69) is 0 Å². The van der Waals surface area contributed by atoms with Crippen LogP contribution >= 0.6 is 0 Å². The average Bonchev–Trinajstić information content (AvgIpc) is 2.58. The van der Waals surface area contributed by atoms with Gasteiger partial charge in [0.15, 0.2) is 11.5 Å². The molecule has 0 unspecified atom stereocenters. The summed E-state index contributed by atoms with van der Waals surface area (Å²) in [7, 11) is 4.35. The van der Waals surface area contributed by atoms with E-state index in [1.54, 1.807) is 18.2 Å². The van der Waals surface area contributed by atoms with Gasteiger partial charge in [-0.3, -0.25) is 0 Å². The van der Waals surface area contributed by atoms with Crippen molar-refractivity contribution in [3.63, 3.8) is 0 Å². The van der Waals surface area contributed by atoms with Crippen molar-refractivity contribution in [1.29, 1.82) is 0 Å². The van der Waals surface area contributed by atoms with Gasteiger partial charge in [-0.05, 0) is 29.8 Å². The van der Waals surface area contributed by atoms with Crippen molar-refractivity contribution in [2.75, 3.05) is 21.3 Å². The molecule has 23 heavy (non-hydrogen) atoms. The predicted molar refractivity (Wildman–Crippen MR) is 81.6 cm³/mol. The molecule has 122 valence electrons. The van der Waals surface area contributed by atoms with Gasteiger partial charge in [0.2, 0.25) is 5.75 Å². The third-order valence-corrected chi connectivity index (χ3v) is 3.18. The second-order valence-electron chi connectivity index (χ2n) is 4.59. The van der Waals surface area contributed by atoms with E-state index in [0.29, 0.717) is 17.1 Å². The van der Waals surface area contributed by atoms with Crippen LogP contribution in [0, 0.1) is 5.82 Å². The number of ether oxygens (including phenoxy) is 4. The van der Waals surface area contributed by atoms with E-state index in [9.17, 15) is 9.18 Å². The Morgan fingerprint density at radius 1 is 1.00 bits per heavy atom. The summed E-state index contributed by atoms with van der Waals surface area (Å²) in [6.45, 7) is -0.0475. The fourth-order valence-electron chi connectivity index (χ4n) is 2.12. The number of hydrogen-bond acceptors (Lipinski definition) is 5. The first kappa shape index (κ1) is 16.6. The normalized spacial score (nSPS) is 10.1. The number of methoxy groups -OCH3 is 3. The van der Waals surface area contributed by atoms with Crippen LogP contribution in [-0.4, -0.2) is 27.3 Å². The smallest absolute Gasteiger partial charge is 0.342 e. The molecule has 0 radical (unpaired) electrons. The SMILES string of the molecule is COc1ccc(C(=O)OCc2cccc(F)c2)c(OC)c1OC. The fraction of sp³-hybridized carbons (Fsp3) is 0.235. The van der Waals surface area contributed by atoms with Gasteiger partial charge in [0.25, 0.3) is 0 Å². The number of esters is 1. The van der Waals surface area contributed by atoms with Crippen LogP contribution in [0.15, 0.2) is 36.4 Å². The fourth-order valence-corrected chi connectivity index (χ4v) is 2.12. The number of hydrogen-bond donors (Lipinski definition) is 0. The molecule has 2 aromatic carbocycles. The van der Waals surface area contributed by atoms with Crippen LogP contribution in [0.25, 0.3) is 0 Å². The molecule has 0 aliphatic heterocycles. The highest BCUT2D eigenvalue weighted by Crippen LogP contribution is 2.40. The number of carbonyl (C=O) groups excluding carboxylic acids is 1. The lowest BCUT2D eigenvalue weighted by molar-refractivity contribution is 0.0468. The zero-order chi connectivity index (χ0) is 16.8. The second kappa shape index (κ2) is 7.49. The Kier molecular flexibility index (Phi) is 5.41. The molecule has 0 spiro atoms. The maximum Gasteiger partial charge on any atom is 0.342 e. The average molecular weight is 320 g/mol. The first-order valence-corrected chi connectivity index (χ1v) is 6.81. The maximum atomic E-state index is 13.1. The lowest BCUT2D eigenvalue weighted by Crippen LogP contribution is -2.08. The van der Waals surface area contributed by atoms with Crippen molar-refractivity contribution in [1.82, 2.24) is 0 Å². The van der Waals surface area contributed by atoms with Crippen LogP contribution in [-0.2, 0) is 11.3 Å². The molecule has 0 N–H and O–H groups in total. The summed E-state index contributed by atoms with van der Waals surface area (Å²) in [4.78, 5) is 12.3. The van der Waals surface area contributed by atoms with Crippen molar-refractivity contribution >= 4 is 5.97 Å². The lowest BCUT2D eigenvalue weighted by atomic mass is 10.1. The molecule has 2 aromatic rings. The van der Waals surface area contributed by atoms with Crippen molar-refractivity contribution < 1.29 is 28.1 Å². The zero-order valence-corrected chi connectivity index (χ0v) is 13.1. The third kappa shape index (κ3) is 3.71. The Bertz CT molecular complexity index is 699. The summed E-state index contributed by atoms with van der Waals surface area (Å²) in [6, 6.07) is 8.95. The lowest BCUT2D eigenvalue weighted by Gasteiger charge is -2.15. The minimum atomic E-state index is -0.605. The molecule has 0 saturated heterocycles. The van der Waals surface area contributed by atoms with Crippen molar-refractivity contribution in [2.45, 2.75) is 6.61 Å². The quantitative estimate of drug-likeness (QED) is 0.765. The van der Waals surface area contributed by atoms with Gasteiger partial charge < -0.3 is 18.9 Å². The molecule has 0 saturated carbocycles. The Hall–Kier alpha value is -2.76. The standard InChI is InChI=1S/C17H17FO5/c1-20-14-8-7-13(15(21-2)16(14)22-3)17(19)23-10-11-5-4-6-12(18)9-11/h4-9H,10H2,1-3H3. The van der Waals surface area contributed by atoms with Gasteiger partial charge in [-0.25, -0.2) is 9.18 Å². The summed E-state index contributed by atoms with van der Waals surface area (Å²) in [5, 5.41) is 0. The van der Waals surface area contributed by atoms with Gasteiger partial charge >= 0.3 is 5.97 Å². The minimum absolute atomic E-state index is 0.0475. The van der Waals surface area contributed by atoms with E-state index >= 15 is 0 Å². The number of halogens is 1. The molecule has 0 fully saturated rings. The van der Waals surface area contributed by atoms with Gasteiger partial charge in [-0.2, -0.15) is 0 Å². The van der Waals surface area contributed by atoms with E-state index in [-0.39, 0.29) is 23.7 Å². The van der Waals surface area contributed by atoms with E-state index < -0.39 is 5.97 Å². The zero-order valence-electron chi connectivity index (χ0n) is 13.1. The van der Waals surface area contributed by atoms with E-state index in [1.165, 1.54) is 39.5 Å². The molecule has 0 aliphatic carbocycles. The molecule has 0 aromatic heterocycles. The van der Waals surface area contributed by atoms with Gasteiger partial charge in [0.05, 0.1) is 21.3 Å². The van der Waals surface area contributed by atoms with Gasteiger partial charge in [-0.1, -0.05) is 12.1 Å². The second-order valence-corrected chi connectivity index (χ2v) is 4.59. The minimum Gasteiger partial charge on any atom is -0.493 e. The van der Waals surface area contributed by atoms with Crippen LogP contribution in [0.3, 0.4) is 0 Å². The van der Waals surface area contributed by atoms with Crippen molar-refractivity contribution in [3.05, 3.63) is 53.3 Å². The van der Waals surface area contributed by atoms with Gasteiger partial charge in [0.1, 0.15) is 18.0 Å². The molecule has 0 aliphatic rings. The third-order valence-electron chi connectivity index (χ3n) is 3.18. The molecular formula is C17H17FO5. The number of rotatable bonds is 6. The molecular weight excluding hydrogens is 303 g/mol. The molecule has 0 bridgehead atoms. The molecule has 0 heterocycles. The summed E-state index contributed by atoms with van der Waals surface area (Å²) in [5.41, 5.74) is 0.749. The maximum absolute atomic E-state index is 13.1. The highest BCUT2D eigenvalue weighted by Gasteiger charge is 2.21. The van der Waals surface area contributed by atoms with Gasteiger partial charge in [-0.15, -0.1) is 0 Å².